The normalized spacial score (nSPS) is 16.0. The molecule has 0 radical (unpaired) electrons. The van der Waals surface area contributed by atoms with Crippen LogP contribution in [0, 0.1) is 0 Å². The van der Waals surface area contributed by atoms with Gasteiger partial charge in [-0.15, -0.1) is 22.7 Å². The Kier molecular flexibility index (Phi) is 5.55. The van der Waals surface area contributed by atoms with Crippen LogP contribution in [0.4, 0.5) is 5.00 Å². The number of nitrogens with one attached hydrogen (secondary N) is 1. The second-order valence-corrected chi connectivity index (χ2v) is 10.4. The molecule has 2 aromatic heterocycles. The minimum Gasteiger partial charge on any atom is -0.462 e. The zero-order valence-electron chi connectivity index (χ0n) is 14.9. The fourth-order valence-electron chi connectivity index (χ4n) is 3.16. The summed E-state index contributed by atoms with van der Waals surface area (Å²) in [5, 5.41) is 4.39. The van der Waals surface area contributed by atoms with E-state index in [-0.39, 0.29) is 12.5 Å². The van der Waals surface area contributed by atoms with Crippen LogP contribution in [0.5, 0.6) is 0 Å². The SMILES string of the molecule is CCOC(=O)c1c(NC(=O)c2sc3ccccc3c2Cl)sc2c1CCCS2=O. The van der Waals surface area contributed by atoms with E-state index in [2.05, 4.69) is 5.32 Å². The standard InChI is InChI=1S/C19H16ClNO4S3/c1-2-25-18(23)13-11-7-5-9-28(24)19(11)27-17(13)21-16(22)15-14(20)10-6-3-4-8-12(10)26-15/h3-4,6,8H,2,5,7,9H2,1H3,(H,21,22). The summed E-state index contributed by atoms with van der Waals surface area (Å²) in [4.78, 5) is 25.8. The number of esters is 1. The lowest BCUT2D eigenvalue weighted by Gasteiger charge is -2.12. The van der Waals surface area contributed by atoms with Crippen LogP contribution >= 0.6 is 34.3 Å². The average molecular weight is 454 g/mol. The first-order valence-electron chi connectivity index (χ1n) is 8.70. The van der Waals surface area contributed by atoms with Crippen molar-refractivity contribution in [2.24, 2.45) is 0 Å². The van der Waals surface area contributed by atoms with Gasteiger partial charge in [0.15, 0.2) is 0 Å². The van der Waals surface area contributed by atoms with Crippen molar-refractivity contribution in [3.05, 3.63) is 45.3 Å². The molecule has 0 spiro atoms. The summed E-state index contributed by atoms with van der Waals surface area (Å²) >= 11 is 8.89. The molecule has 1 unspecified atom stereocenters. The number of carbonyl (C=O) groups excluding carboxylic acids is 2. The van der Waals surface area contributed by atoms with E-state index in [0.29, 0.717) is 36.8 Å². The van der Waals surface area contributed by atoms with Gasteiger partial charge in [0.05, 0.1) is 32.2 Å². The van der Waals surface area contributed by atoms with E-state index in [1.807, 2.05) is 24.3 Å². The molecule has 1 aliphatic heterocycles. The fourth-order valence-corrected chi connectivity index (χ4v) is 7.48. The molecule has 1 aliphatic rings. The van der Waals surface area contributed by atoms with E-state index in [1.54, 1.807) is 6.92 Å². The highest BCUT2D eigenvalue weighted by molar-refractivity contribution is 7.87. The molecule has 0 fully saturated rings. The molecule has 0 bridgehead atoms. The molecule has 9 heteroatoms. The van der Waals surface area contributed by atoms with Gasteiger partial charge in [0.1, 0.15) is 9.88 Å². The molecular weight excluding hydrogens is 438 g/mol. The third kappa shape index (κ3) is 3.39. The molecule has 5 nitrogen and oxygen atoms in total. The molecule has 3 aromatic rings. The topological polar surface area (TPSA) is 72.5 Å². The number of anilines is 1. The molecule has 3 heterocycles. The molecule has 4 rings (SSSR count). The van der Waals surface area contributed by atoms with Gasteiger partial charge in [-0.2, -0.15) is 0 Å². The lowest BCUT2D eigenvalue weighted by atomic mass is 10.1. The quantitative estimate of drug-likeness (QED) is 0.558. The van der Waals surface area contributed by atoms with Gasteiger partial charge < -0.3 is 10.1 Å². The van der Waals surface area contributed by atoms with Crippen LogP contribution in [-0.2, 0) is 22.0 Å². The number of hydrogen-bond acceptors (Lipinski definition) is 6. The van der Waals surface area contributed by atoms with E-state index in [0.717, 1.165) is 22.1 Å². The Morgan fingerprint density at radius 1 is 1.29 bits per heavy atom. The third-order valence-electron chi connectivity index (χ3n) is 4.38. The van der Waals surface area contributed by atoms with Gasteiger partial charge in [0, 0.05) is 15.8 Å². The number of amides is 1. The van der Waals surface area contributed by atoms with Crippen molar-refractivity contribution in [3.63, 3.8) is 0 Å². The van der Waals surface area contributed by atoms with Crippen LogP contribution in [0.15, 0.2) is 28.5 Å². The average Bonchev–Trinajstić information content (AvgIpc) is 3.21. The zero-order chi connectivity index (χ0) is 19.8. The fraction of sp³-hybridized carbons (Fsp3) is 0.263. The maximum Gasteiger partial charge on any atom is 0.341 e. The molecule has 0 saturated carbocycles. The summed E-state index contributed by atoms with van der Waals surface area (Å²) in [5.41, 5.74) is 1.05. The minimum atomic E-state index is -1.17. The Bertz CT molecular complexity index is 1120. The highest BCUT2D eigenvalue weighted by Crippen LogP contribution is 2.41. The van der Waals surface area contributed by atoms with E-state index >= 15 is 0 Å². The molecular formula is C19H16ClNO4S3. The number of hydrogen-bond donors (Lipinski definition) is 1. The minimum absolute atomic E-state index is 0.224. The number of ether oxygens (including phenoxy) is 1. The molecule has 28 heavy (non-hydrogen) atoms. The Hall–Kier alpha value is -1.74. The lowest BCUT2D eigenvalue weighted by Crippen LogP contribution is -2.16. The Morgan fingerprint density at radius 3 is 2.82 bits per heavy atom. The Balaban J connectivity index is 1.74. The third-order valence-corrected chi connectivity index (χ3v) is 9.12. The van der Waals surface area contributed by atoms with Crippen molar-refractivity contribution in [2.75, 3.05) is 17.7 Å². The molecule has 0 aliphatic carbocycles. The summed E-state index contributed by atoms with van der Waals surface area (Å²) in [7, 11) is -1.17. The van der Waals surface area contributed by atoms with Crippen molar-refractivity contribution in [1.29, 1.82) is 0 Å². The summed E-state index contributed by atoms with van der Waals surface area (Å²) in [6.07, 6.45) is 1.38. The molecule has 1 N–H and O–H groups in total. The van der Waals surface area contributed by atoms with Crippen LogP contribution in [-0.4, -0.2) is 28.4 Å². The van der Waals surface area contributed by atoms with Crippen molar-refractivity contribution in [2.45, 2.75) is 24.0 Å². The van der Waals surface area contributed by atoms with E-state index in [4.69, 9.17) is 16.3 Å². The molecule has 1 atom stereocenters. The smallest absolute Gasteiger partial charge is 0.341 e. The van der Waals surface area contributed by atoms with Gasteiger partial charge in [-0.05, 0) is 31.4 Å². The van der Waals surface area contributed by atoms with E-state index in [9.17, 15) is 13.8 Å². The second-order valence-electron chi connectivity index (χ2n) is 6.14. The summed E-state index contributed by atoms with van der Waals surface area (Å²) in [5.74, 6) is -0.330. The van der Waals surface area contributed by atoms with Gasteiger partial charge in [-0.3, -0.25) is 9.00 Å². The van der Waals surface area contributed by atoms with Crippen LogP contribution in [0.3, 0.4) is 0 Å². The van der Waals surface area contributed by atoms with Gasteiger partial charge in [0.2, 0.25) is 0 Å². The maximum atomic E-state index is 12.9. The van der Waals surface area contributed by atoms with Crippen LogP contribution in [0.1, 0.15) is 38.9 Å². The van der Waals surface area contributed by atoms with Crippen LogP contribution < -0.4 is 5.32 Å². The zero-order valence-corrected chi connectivity index (χ0v) is 18.1. The first-order valence-corrected chi connectivity index (χ1v) is 12.0. The molecule has 0 saturated heterocycles. The van der Waals surface area contributed by atoms with Gasteiger partial charge in [-0.25, -0.2) is 4.79 Å². The van der Waals surface area contributed by atoms with Crippen LogP contribution in [0.2, 0.25) is 5.02 Å². The molecule has 146 valence electrons. The molecule has 1 amide bonds. The number of carbonyl (C=O) groups is 2. The van der Waals surface area contributed by atoms with Crippen molar-refractivity contribution < 1.29 is 18.5 Å². The van der Waals surface area contributed by atoms with E-state index in [1.165, 1.54) is 22.7 Å². The van der Waals surface area contributed by atoms with Gasteiger partial charge in [0.25, 0.3) is 5.91 Å². The van der Waals surface area contributed by atoms with Crippen molar-refractivity contribution in [1.82, 2.24) is 0 Å². The highest BCUT2D eigenvalue weighted by Gasteiger charge is 2.31. The Labute approximate surface area is 177 Å². The predicted molar refractivity (Wildman–Crippen MR) is 115 cm³/mol. The first-order chi connectivity index (χ1) is 13.5. The number of fused-ring (bicyclic) bond motifs is 2. The van der Waals surface area contributed by atoms with Crippen LogP contribution in [0.25, 0.3) is 10.1 Å². The maximum absolute atomic E-state index is 12.9. The highest BCUT2D eigenvalue weighted by atomic mass is 35.5. The van der Waals surface area contributed by atoms with Crippen molar-refractivity contribution in [3.8, 4) is 0 Å². The Morgan fingerprint density at radius 2 is 2.07 bits per heavy atom. The number of thiophene rings is 2. The van der Waals surface area contributed by atoms with Gasteiger partial charge >= 0.3 is 5.97 Å². The lowest BCUT2D eigenvalue weighted by molar-refractivity contribution is 0.0526. The first kappa shape index (κ1) is 19.6. The van der Waals surface area contributed by atoms with Crippen molar-refractivity contribution >= 4 is 72.0 Å². The number of halogens is 1. The summed E-state index contributed by atoms with van der Waals surface area (Å²) in [6.45, 7) is 1.95. The summed E-state index contributed by atoms with van der Waals surface area (Å²) in [6, 6.07) is 7.52. The van der Waals surface area contributed by atoms with E-state index < -0.39 is 16.8 Å². The summed E-state index contributed by atoms with van der Waals surface area (Å²) < 4.78 is 19.1. The van der Waals surface area contributed by atoms with Gasteiger partial charge in [-0.1, -0.05) is 29.8 Å². The second kappa shape index (κ2) is 7.94. The number of rotatable bonds is 4. The largest absolute Gasteiger partial charge is 0.462 e. The number of benzene rings is 1. The monoisotopic (exact) mass is 453 g/mol. The predicted octanol–water partition coefficient (Wildman–Crippen LogP) is 5.10. The molecule has 1 aromatic carbocycles.